The predicted octanol–water partition coefficient (Wildman–Crippen LogP) is -0.0944. The maximum atomic E-state index is 11.3. The van der Waals surface area contributed by atoms with Gasteiger partial charge >= 0.3 is 5.97 Å². The molecule has 0 unspecified atom stereocenters. The van der Waals surface area contributed by atoms with E-state index in [1.807, 2.05) is 13.8 Å². The lowest BCUT2D eigenvalue weighted by atomic mass is 9.99. The third-order valence-electron chi connectivity index (χ3n) is 4.52. The normalized spacial score (nSPS) is 27.0. The SMILES string of the molecule is C=CCOc1ccccc1OC[C@H](CNC(C)C)O[C@@H]1O[C@H](C(=O)O)[C@@H](O)[C@H](O)[C@H]1O. The highest BCUT2D eigenvalue weighted by atomic mass is 16.7. The van der Waals surface area contributed by atoms with Gasteiger partial charge < -0.3 is 44.7 Å². The first-order valence-corrected chi connectivity index (χ1v) is 10.0. The lowest BCUT2D eigenvalue weighted by molar-refractivity contribution is -0.305. The number of hydrogen-bond donors (Lipinski definition) is 5. The van der Waals surface area contributed by atoms with E-state index in [9.17, 15) is 25.2 Å². The predicted molar refractivity (Wildman–Crippen MR) is 110 cm³/mol. The molecule has 5 N–H and O–H groups in total. The van der Waals surface area contributed by atoms with Crippen molar-refractivity contribution >= 4 is 5.97 Å². The quantitative estimate of drug-likeness (QED) is 0.279. The summed E-state index contributed by atoms with van der Waals surface area (Å²) in [5.74, 6) is -0.503. The molecule has 0 amide bonds. The van der Waals surface area contributed by atoms with Gasteiger partial charge in [0.05, 0.1) is 0 Å². The van der Waals surface area contributed by atoms with Gasteiger partial charge in [0.25, 0.3) is 0 Å². The van der Waals surface area contributed by atoms with E-state index >= 15 is 0 Å². The van der Waals surface area contributed by atoms with Gasteiger partial charge in [-0.25, -0.2) is 4.79 Å². The summed E-state index contributed by atoms with van der Waals surface area (Å²) in [4.78, 5) is 11.3. The molecule has 1 heterocycles. The van der Waals surface area contributed by atoms with E-state index in [0.717, 1.165) is 0 Å². The van der Waals surface area contributed by atoms with Gasteiger partial charge in [-0.15, -0.1) is 0 Å². The van der Waals surface area contributed by atoms with Gasteiger partial charge in [-0.05, 0) is 12.1 Å². The first kappa shape index (κ1) is 25.1. The van der Waals surface area contributed by atoms with Crippen LogP contribution < -0.4 is 14.8 Å². The fourth-order valence-electron chi connectivity index (χ4n) is 2.89. The average molecular weight is 441 g/mol. The van der Waals surface area contributed by atoms with Gasteiger partial charge in [-0.3, -0.25) is 0 Å². The highest BCUT2D eigenvalue weighted by Gasteiger charge is 2.48. The zero-order chi connectivity index (χ0) is 23.0. The van der Waals surface area contributed by atoms with Crippen molar-refractivity contribution in [3.05, 3.63) is 36.9 Å². The molecular weight excluding hydrogens is 410 g/mol. The largest absolute Gasteiger partial charge is 0.487 e. The van der Waals surface area contributed by atoms with Crippen molar-refractivity contribution in [1.29, 1.82) is 0 Å². The second-order valence-corrected chi connectivity index (χ2v) is 7.41. The molecule has 1 saturated heterocycles. The van der Waals surface area contributed by atoms with Crippen molar-refractivity contribution < 1.29 is 44.2 Å². The van der Waals surface area contributed by atoms with Crippen LogP contribution in [0.15, 0.2) is 36.9 Å². The Labute approximate surface area is 181 Å². The van der Waals surface area contributed by atoms with Crippen LogP contribution in [0.3, 0.4) is 0 Å². The fraction of sp³-hybridized carbons (Fsp3) is 0.571. The number of carboxylic acid groups (broad SMARTS) is 1. The van der Waals surface area contributed by atoms with Gasteiger partial charge in [0.2, 0.25) is 0 Å². The van der Waals surface area contributed by atoms with Gasteiger partial charge in [-0.2, -0.15) is 0 Å². The molecule has 0 aromatic heterocycles. The van der Waals surface area contributed by atoms with Crippen molar-refractivity contribution in [2.75, 3.05) is 19.8 Å². The Bertz CT molecular complexity index is 714. The maximum Gasteiger partial charge on any atom is 0.335 e. The molecular formula is C21H31NO9. The highest BCUT2D eigenvalue weighted by molar-refractivity contribution is 5.73. The Morgan fingerprint density at radius 2 is 1.81 bits per heavy atom. The number of aliphatic hydroxyl groups excluding tert-OH is 3. The van der Waals surface area contributed by atoms with Crippen LogP contribution in [0.1, 0.15) is 13.8 Å². The topological polar surface area (TPSA) is 147 Å². The second-order valence-electron chi connectivity index (χ2n) is 7.41. The van der Waals surface area contributed by atoms with E-state index in [1.165, 1.54) is 0 Å². The van der Waals surface area contributed by atoms with E-state index < -0.39 is 42.8 Å². The number of hydrogen-bond acceptors (Lipinski definition) is 9. The molecule has 174 valence electrons. The average Bonchev–Trinajstić information content (AvgIpc) is 2.74. The van der Waals surface area contributed by atoms with Gasteiger partial charge in [-0.1, -0.05) is 38.6 Å². The fourth-order valence-corrected chi connectivity index (χ4v) is 2.89. The summed E-state index contributed by atoms with van der Waals surface area (Å²) in [6.45, 7) is 8.08. The summed E-state index contributed by atoms with van der Waals surface area (Å²) in [5, 5.41) is 42.4. The number of benzene rings is 1. The third-order valence-corrected chi connectivity index (χ3v) is 4.52. The molecule has 10 nitrogen and oxygen atoms in total. The van der Waals surface area contributed by atoms with Gasteiger partial charge in [0, 0.05) is 12.6 Å². The first-order chi connectivity index (χ1) is 14.7. The molecule has 0 bridgehead atoms. The van der Waals surface area contributed by atoms with Crippen LogP contribution in [0, 0.1) is 0 Å². The molecule has 10 heteroatoms. The van der Waals surface area contributed by atoms with Crippen molar-refractivity contribution in [3.63, 3.8) is 0 Å². The monoisotopic (exact) mass is 441 g/mol. The summed E-state index contributed by atoms with van der Waals surface area (Å²) in [6, 6.07) is 7.15. The third kappa shape index (κ3) is 7.17. The summed E-state index contributed by atoms with van der Waals surface area (Å²) >= 11 is 0. The molecule has 1 fully saturated rings. The number of carboxylic acids is 1. The maximum absolute atomic E-state index is 11.3. The number of ether oxygens (including phenoxy) is 4. The van der Waals surface area contributed by atoms with Crippen LogP contribution in [-0.4, -0.2) is 89.0 Å². The Kier molecular flexibility index (Phi) is 9.69. The summed E-state index contributed by atoms with van der Waals surface area (Å²) < 4.78 is 22.4. The van der Waals surface area contributed by atoms with Crippen molar-refractivity contribution in [3.8, 4) is 11.5 Å². The van der Waals surface area contributed by atoms with Crippen LogP contribution in [0.4, 0.5) is 0 Å². The van der Waals surface area contributed by atoms with Crippen LogP contribution in [0.25, 0.3) is 0 Å². The molecule has 2 rings (SSSR count). The molecule has 31 heavy (non-hydrogen) atoms. The molecule has 1 aromatic rings. The number of rotatable bonds is 12. The Balaban J connectivity index is 2.10. The zero-order valence-electron chi connectivity index (χ0n) is 17.6. The van der Waals surface area contributed by atoms with Crippen LogP contribution in [-0.2, 0) is 14.3 Å². The molecule has 1 aromatic carbocycles. The summed E-state index contributed by atoms with van der Waals surface area (Å²) in [5.41, 5.74) is 0. The Hall–Kier alpha value is -2.21. The Morgan fingerprint density at radius 1 is 1.16 bits per heavy atom. The van der Waals surface area contributed by atoms with Crippen molar-refractivity contribution in [2.24, 2.45) is 0 Å². The minimum atomic E-state index is -1.79. The number of aliphatic hydroxyl groups is 3. The number of carbonyl (C=O) groups is 1. The summed E-state index contributed by atoms with van der Waals surface area (Å²) in [6.07, 6.45) is -7.47. The van der Waals surface area contributed by atoms with Crippen molar-refractivity contribution in [1.82, 2.24) is 5.32 Å². The van der Waals surface area contributed by atoms with Crippen LogP contribution in [0.5, 0.6) is 11.5 Å². The number of nitrogens with one attached hydrogen (secondary N) is 1. The molecule has 0 saturated carbocycles. The smallest absolute Gasteiger partial charge is 0.335 e. The molecule has 0 aliphatic carbocycles. The molecule has 6 atom stereocenters. The molecule has 0 spiro atoms. The zero-order valence-corrected chi connectivity index (χ0v) is 17.6. The Morgan fingerprint density at radius 3 is 2.39 bits per heavy atom. The second kappa shape index (κ2) is 12.0. The van der Waals surface area contributed by atoms with E-state index in [0.29, 0.717) is 18.1 Å². The van der Waals surface area contributed by atoms with E-state index in [1.54, 1.807) is 30.3 Å². The number of para-hydroxylation sites is 2. The highest BCUT2D eigenvalue weighted by Crippen LogP contribution is 2.27. The van der Waals surface area contributed by atoms with Gasteiger partial charge in [0.15, 0.2) is 23.9 Å². The molecule has 1 aliphatic heterocycles. The lowest BCUT2D eigenvalue weighted by Crippen LogP contribution is -2.61. The minimum Gasteiger partial charge on any atom is -0.487 e. The minimum absolute atomic E-state index is 0.0111. The molecule has 0 radical (unpaired) electrons. The van der Waals surface area contributed by atoms with E-state index in [2.05, 4.69) is 11.9 Å². The van der Waals surface area contributed by atoms with E-state index in [-0.39, 0.29) is 19.2 Å². The van der Waals surface area contributed by atoms with Crippen molar-refractivity contribution in [2.45, 2.75) is 56.7 Å². The van der Waals surface area contributed by atoms with Crippen LogP contribution in [0.2, 0.25) is 0 Å². The van der Waals surface area contributed by atoms with Gasteiger partial charge in [0.1, 0.15) is 37.6 Å². The first-order valence-electron chi connectivity index (χ1n) is 10.0. The lowest BCUT2D eigenvalue weighted by Gasteiger charge is -2.39. The van der Waals surface area contributed by atoms with Crippen LogP contribution >= 0.6 is 0 Å². The number of aliphatic carboxylic acids is 1. The summed E-state index contributed by atoms with van der Waals surface area (Å²) in [7, 11) is 0. The molecule has 1 aliphatic rings. The van der Waals surface area contributed by atoms with E-state index in [4.69, 9.17) is 18.9 Å². The standard InChI is InChI=1S/C21H31NO9/c1-4-9-28-14-7-5-6-8-15(14)29-11-13(10-22-12(2)3)30-21-18(25)16(23)17(24)19(31-21)20(26)27/h4-8,12-13,16-19,21-25H,1,9-11H2,2-3H3,(H,26,27)/t13-,16-,17-,18+,19-,21+/m0/s1.